The average molecular weight is 480 g/mol. The molecule has 2 aliphatic heterocycles. The number of para-hydroxylation sites is 1. The average Bonchev–Trinajstić information content (AvgIpc) is 3.33. The Hall–Kier alpha value is -2.83. The van der Waals surface area contributed by atoms with Gasteiger partial charge in [-0.15, -0.1) is 11.8 Å². The Morgan fingerprint density at radius 2 is 1.82 bits per heavy atom. The van der Waals surface area contributed by atoms with Gasteiger partial charge < -0.3 is 19.7 Å². The molecular formula is C28H33NO4S. The molecule has 34 heavy (non-hydrogen) atoms. The molecule has 5 rings (SSSR count). The van der Waals surface area contributed by atoms with Crippen LogP contribution in [0.15, 0.2) is 77.7 Å². The van der Waals surface area contributed by atoms with E-state index in [1.54, 1.807) is 42.1 Å². The molecule has 6 heteroatoms. The van der Waals surface area contributed by atoms with Gasteiger partial charge in [-0.1, -0.05) is 43.7 Å². The first kappa shape index (κ1) is 24.3. The summed E-state index contributed by atoms with van der Waals surface area (Å²) in [6.07, 6.45) is 2.68. The van der Waals surface area contributed by atoms with Gasteiger partial charge in [0.15, 0.2) is 0 Å². The quantitative estimate of drug-likeness (QED) is 0.444. The molecule has 3 aromatic carbocycles. The van der Waals surface area contributed by atoms with Crippen LogP contribution in [0.25, 0.3) is 0 Å². The highest BCUT2D eigenvalue weighted by molar-refractivity contribution is 7.99. The molecule has 0 radical (unpaired) electrons. The van der Waals surface area contributed by atoms with Crippen molar-refractivity contribution in [3.8, 4) is 23.0 Å². The molecule has 0 saturated carbocycles. The lowest BCUT2D eigenvalue weighted by molar-refractivity contribution is 0.232. The third-order valence-electron chi connectivity index (χ3n) is 6.20. The summed E-state index contributed by atoms with van der Waals surface area (Å²) in [4.78, 5) is 3.44. The van der Waals surface area contributed by atoms with Gasteiger partial charge in [0.25, 0.3) is 0 Å². The van der Waals surface area contributed by atoms with Crippen LogP contribution in [0.4, 0.5) is 0 Å². The molecule has 2 N–H and O–H groups in total. The molecule has 0 amide bonds. The van der Waals surface area contributed by atoms with Gasteiger partial charge in [0.1, 0.15) is 36.2 Å². The van der Waals surface area contributed by atoms with Gasteiger partial charge in [-0.05, 0) is 66.9 Å². The highest BCUT2D eigenvalue weighted by Gasteiger charge is 2.23. The van der Waals surface area contributed by atoms with Crippen LogP contribution >= 0.6 is 11.8 Å². The predicted molar refractivity (Wildman–Crippen MR) is 137 cm³/mol. The van der Waals surface area contributed by atoms with Crippen molar-refractivity contribution < 1.29 is 19.7 Å². The van der Waals surface area contributed by atoms with Crippen LogP contribution in [-0.4, -0.2) is 48.0 Å². The van der Waals surface area contributed by atoms with Gasteiger partial charge in [-0.2, -0.15) is 0 Å². The summed E-state index contributed by atoms with van der Waals surface area (Å²) in [6.45, 7) is 7.22. The largest absolute Gasteiger partial charge is 0.508 e. The summed E-state index contributed by atoms with van der Waals surface area (Å²) >= 11 is 1.64. The van der Waals surface area contributed by atoms with E-state index in [9.17, 15) is 10.2 Å². The highest BCUT2D eigenvalue weighted by atomic mass is 32.2. The molecule has 0 unspecified atom stereocenters. The number of likely N-dealkylation sites (tertiary alicyclic amines) is 1. The molecule has 1 saturated heterocycles. The summed E-state index contributed by atoms with van der Waals surface area (Å²) in [5.41, 5.74) is 1.02. The van der Waals surface area contributed by atoms with Crippen molar-refractivity contribution in [3.63, 3.8) is 0 Å². The van der Waals surface area contributed by atoms with E-state index < -0.39 is 0 Å². The number of thioether (sulfide) groups is 1. The standard InChI is InChI=1S/C14H21NO.C14H12O3S/c1-2-13-8-9-15(12-13)10-11-16-14-6-4-3-5-7-14;15-10-3-1-2-9(6-10)14-8-17-12-5-4-11(16)7-13(12)18-14/h3-7,13H,2,8-12H2,1H3;1-7,14-16H,8H2/t13-;14-/m10/s1. The fourth-order valence-corrected chi connectivity index (χ4v) is 5.37. The zero-order valence-electron chi connectivity index (χ0n) is 19.6. The molecule has 180 valence electrons. The number of nitrogens with zero attached hydrogens (tertiary/aromatic N) is 1. The number of fused-ring (bicyclic) bond motifs is 1. The first-order valence-corrected chi connectivity index (χ1v) is 12.8. The van der Waals surface area contributed by atoms with Crippen LogP contribution in [0.1, 0.15) is 30.6 Å². The first-order valence-electron chi connectivity index (χ1n) is 11.9. The van der Waals surface area contributed by atoms with Gasteiger partial charge in [0.2, 0.25) is 0 Å². The Labute approximate surface area is 206 Å². The van der Waals surface area contributed by atoms with Gasteiger partial charge in [0, 0.05) is 13.1 Å². The zero-order valence-corrected chi connectivity index (χ0v) is 20.4. The number of phenols is 2. The molecule has 2 atom stereocenters. The number of rotatable bonds is 6. The molecule has 1 fully saturated rings. The van der Waals surface area contributed by atoms with E-state index in [1.807, 2.05) is 42.5 Å². The number of benzene rings is 3. The van der Waals surface area contributed by atoms with Crippen LogP contribution in [-0.2, 0) is 0 Å². The van der Waals surface area contributed by atoms with Gasteiger partial charge in [-0.25, -0.2) is 0 Å². The Morgan fingerprint density at radius 1 is 1.00 bits per heavy atom. The second-order valence-electron chi connectivity index (χ2n) is 8.67. The summed E-state index contributed by atoms with van der Waals surface area (Å²) in [5.74, 6) is 3.19. The maximum Gasteiger partial charge on any atom is 0.133 e. The summed E-state index contributed by atoms with van der Waals surface area (Å²) in [7, 11) is 0. The number of hydrogen-bond donors (Lipinski definition) is 2. The summed E-state index contributed by atoms with van der Waals surface area (Å²) in [6, 6.07) is 22.3. The van der Waals surface area contributed by atoms with E-state index in [1.165, 1.54) is 25.9 Å². The molecule has 3 aromatic rings. The number of phenolic OH excluding ortho intramolecular Hbond substituents is 2. The molecule has 2 heterocycles. The van der Waals surface area contributed by atoms with E-state index in [4.69, 9.17) is 9.47 Å². The SMILES string of the molecule is CC[C@@H]1CCN(CCOc2ccccc2)C1.Oc1cccc([C@@H]2COc3ccc(O)cc3S2)c1. The van der Waals surface area contributed by atoms with Crippen molar-refractivity contribution in [1.29, 1.82) is 0 Å². The fraction of sp³-hybridized carbons (Fsp3) is 0.357. The summed E-state index contributed by atoms with van der Waals surface area (Å²) in [5, 5.41) is 19.1. The van der Waals surface area contributed by atoms with E-state index in [0.717, 1.165) is 41.0 Å². The molecule has 0 aliphatic carbocycles. The number of hydrogen-bond acceptors (Lipinski definition) is 6. The maximum absolute atomic E-state index is 9.49. The normalized spacial score (nSPS) is 19.4. The minimum absolute atomic E-state index is 0.131. The van der Waals surface area contributed by atoms with E-state index >= 15 is 0 Å². The van der Waals surface area contributed by atoms with Crippen LogP contribution in [0, 0.1) is 5.92 Å². The predicted octanol–water partition coefficient (Wildman–Crippen LogP) is 6.12. The topological polar surface area (TPSA) is 62.2 Å². The van der Waals surface area contributed by atoms with Crippen LogP contribution in [0.3, 0.4) is 0 Å². The van der Waals surface area contributed by atoms with Gasteiger partial charge >= 0.3 is 0 Å². The van der Waals surface area contributed by atoms with E-state index in [2.05, 4.69) is 11.8 Å². The van der Waals surface area contributed by atoms with Crippen molar-refractivity contribution in [3.05, 3.63) is 78.4 Å². The lowest BCUT2D eigenvalue weighted by Gasteiger charge is -2.25. The van der Waals surface area contributed by atoms with E-state index in [0.29, 0.717) is 6.61 Å². The van der Waals surface area contributed by atoms with E-state index in [-0.39, 0.29) is 16.7 Å². The minimum atomic E-state index is 0.131. The van der Waals surface area contributed by atoms with Crippen molar-refractivity contribution in [2.75, 3.05) is 32.8 Å². The lowest BCUT2D eigenvalue weighted by atomic mass is 10.1. The molecule has 0 spiro atoms. The minimum Gasteiger partial charge on any atom is -0.508 e. The molecule has 0 bridgehead atoms. The second kappa shape index (κ2) is 12.0. The van der Waals surface area contributed by atoms with Gasteiger partial charge in [0.05, 0.1) is 10.1 Å². The monoisotopic (exact) mass is 479 g/mol. The van der Waals surface area contributed by atoms with Crippen LogP contribution in [0.5, 0.6) is 23.0 Å². The highest BCUT2D eigenvalue weighted by Crippen LogP contribution is 2.45. The number of aromatic hydroxyl groups is 2. The van der Waals surface area contributed by atoms with Crippen molar-refractivity contribution in [2.45, 2.75) is 29.9 Å². The van der Waals surface area contributed by atoms with Gasteiger partial charge in [-0.3, -0.25) is 4.90 Å². The molecule has 2 aliphatic rings. The van der Waals surface area contributed by atoms with Crippen molar-refractivity contribution in [2.24, 2.45) is 5.92 Å². The Morgan fingerprint density at radius 3 is 2.59 bits per heavy atom. The smallest absolute Gasteiger partial charge is 0.133 e. The second-order valence-corrected chi connectivity index (χ2v) is 9.91. The molecule has 5 nitrogen and oxygen atoms in total. The van der Waals surface area contributed by atoms with Crippen molar-refractivity contribution >= 4 is 11.8 Å². The van der Waals surface area contributed by atoms with Crippen molar-refractivity contribution in [1.82, 2.24) is 4.90 Å². The fourth-order valence-electron chi connectivity index (χ4n) is 4.21. The van der Waals surface area contributed by atoms with Crippen LogP contribution < -0.4 is 9.47 Å². The molecule has 0 aromatic heterocycles. The lowest BCUT2D eigenvalue weighted by Crippen LogP contribution is -2.26. The molecular weight excluding hydrogens is 446 g/mol. The zero-order chi connectivity index (χ0) is 23.8. The summed E-state index contributed by atoms with van der Waals surface area (Å²) < 4.78 is 11.4. The van der Waals surface area contributed by atoms with Crippen LogP contribution in [0.2, 0.25) is 0 Å². The Bertz CT molecular complexity index is 1050. The maximum atomic E-state index is 9.49. The third-order valence-corrected chi connectivity index (χ3v) is 7.46. The Balaban J connectivity index is 0.000000162. The first-order chi connectivity index (χ1) is 16.6. The third kappa shape index (κ3) is 6.84. The Kier molecular flexibility index (Phi) is 8.61. The number of ether oxygens (including phenoxy) is 2.